The second kappa shape index (κ2) is 8.02. The van der Waals surface area contributed by atoms with Gasteiger partial charge in [0.2, 0.25) is 0 Å². The van der Waals surface area contributed by atoms with Gasteiger partial charge in [-0.2, -0.15) is 0 Å². The monoisotopic (exact) mass is 247 g/mol. The Hall–Kier alpha value is -0.180. The topological polar surface area (TPSA) is 3.24 Å². The first kappa shape index (κ1) is 14.9. The summed E-state index contributed by atoms with van der Waals surface area (Å²) in [5.74, 6) is 1.45. The number of hydrogen-bond donors (Lipinski definition) is 0. The van der Waals surface area contributed by atoms with E-state index in [4.69, 9.17) is 0 Å². The minimum atomic E-state index is -2.17. The fourth-order valence-corrected chi connectivity index (χ4v) is 2.86. The number of nitrogens with zero attached hydrogens (tertiary/aromatic N) is 1. The van der Waals surface area contributed by atoms with Crippen LogP contribution in [-0.4, -0.2) is 31.0 Å². The van der Waals surface area contributed by atoms with Crippen molar-refractivity contribution >= 4 is 0 Å². The van der Waals surface area contributed by atoms with Gasteiger partial charge in [0, 0.05) is 13.1 Å². The van der Waals surface area contributed by atoms with Crippen LogP contribution in [0.25, 0.3) is 0 Å². The molecule has 3 heteroatoms. The molecule has 1 aliphatic heterocycles. The highest BCUT2D eigenvalue weighted by Gasteiger charge is 2.33. The van der Waals surface area contributed by atoms with Crippen LogP contribution in [0.2, 0.25) is 0 Å². The second-order valence-corrected chi connectivity index (χ2v) is 5.39. The Kier molecular flexibility index (Phi) is 7.02. The lowest BCUT2D eigenvalue weighted by Crippen LogP contribution is -2.51. The molecule has 1 saturated heterocycles. The van der Waals surface area contributed by atoms with E-state index in [2.05, 4.69) is 13.8 Å². The molecule has 1 atom stereocenters. The molecule has 0 aromatic carbocycles. The van der Waals surface area contributed by atoms with Crippen molar-refractivity contribution in [1.82, 2.24) is 4.90 Å². The number of likely N-dealkylation sites (tertiary alicyclic amines) is 1. The molecule has 1 rings (SSSR count). The van der Waals surface area contributed by atoms with Crippen molar-refractivity contribution in [3.63, 3.8) is 0 Å². The maximum Gasteiger partial charge on any atom is 0.251 e. The average molecular weight is 247 g/mol. The van der Waals surface area contributed by atoms with E-state index in [-0.39, 0.29) is 6.54 Å². The van der Waals surface area contributed by atoms with Gasteiger partial charge in [0.05, 0.1) is 6.54 Å². The van der Waals surface area contributed by atoms with Crippen molar-refractivity contribution in [3.8, 4) is 0 Å². The van der Waals surface area contributed by atoms with Crippen molar-refractivity contribution in [2.24, 2.45) is 11.8 Å². The molecule has 1 unspecified atom stereocenters. The van der Waals surface area contributed by atoms with Crippen LogP contribution in [0.5, 0.6) is 0 Å². The fourth-order valence-electron chi connectivity index (χ4n) is 2.86. The van der Waals surface area contributed by atoms with Gasteiger partial charge >= 0.3 is 0 Å². The second-order valence-electron chi connectivity index (χ2n) is 5.39. The van der Waals surface area contributed by atoms with Gasteiger partial charge in [-0.25, -0.2) is 8.78 Å². The van der Waals surface area contributed by atoms with Gasteiger partial charge in [-0.1, -0.05) is 52.4 Å². The first-order valence-corrected chi connectivity index (χ1v) is 7.17. The summed E-state index contributed by atoms with van der Waals surface area (Å²) in [5.41, 5.74) is 0. The van der Waals surface area contributed by atoms with Gasteiger partial charge in [0.15, 0.2) is 0 Å². The number of hydrogen-bond acceptors (Lipinski definition) is 1. The summed E-state index contributed by atoms with van der Waals surface area (Å²) in [4.78, 5) is 1.89. The first-order valence-electron chi connectivity index (χ1n) is 7.17. The Balaban J connectivity index is 2.11. The van der Waals surface area contributed by atoms with Gasteiger partial charge in [-0.3, -0.25) is 4.90 Å². The van der Waals surface area contributed by atoms with Crippen LogP contribution in [0.4, 0.5) is 8.78 Å². The molecule has 0 N–H and O–H groups in total. The third-order valence-corrected chi connectivity index (χ3v) is 4.00. The summed E-state index contributed by atoms with van der Waals surface area (Å²) in [5, 5.41) is 0. The minimum absolute atomic E-state index is 0.0250. The van der Waals surface area contributed by atoms with E-state index in [1.165, 1.54) is 38.5 Å². The Bertz CT molecular complexity index is 191. The maximum absolute atomic E-state index is 12.2. The Labute approximate surface area is 105 Å². The molecule has 0 amide bonds. The molecule has 0 aromatic heterocycles. The zero-order valence-corrected chi connectivity index (χ0v) is 11.3. The number of halogens is 2. The van der Waals surface area contributed by atoms with Crippen LogP contribution in [0.15, 0.2) is 0 Å². The first-order chi connectivity index (χ1) is 8.17. The van der Waals surface area contributed by atoms with E-state index >= 15 is 0 Å². The summed E-state index contributed by atoms with van der Waals surface area (Å²) < 4.78 is 24.3. The molecule has 1 aliphatic rings. The smallest absolute Gasteiger partial charge is 0.251 e. The highest BCUT2D eigenvalue weighted by Crippen LogP contribution is 2.30. The molecule has 0 bridgehead atoms. The Morgan fingerprint density at radius 2 is 1.82 bits per heavy atom. The van der Waals surface area contributed by atoms with Crippen LogP contribution in [0.3, 0.4) is 0 Å². The highest BCUT2D eigenvalue weighted by molar-refractivity contribution is 4.84. The summed E-state index contributed by atoms with van der Waals surface area (Å²) in [6.07, 6.45) is 5.60. The van der Waals surface area contributed by atoms with Crippen LogP contribution in [-0.2, 0) is 0 Å². The van der Waals surface area contributed by atoms with E-state index in [9.17, 15) is 8.78 Å². The molecule has 0 spiro atoms. The SMILES string of the molecule is CCCCCCC(CC)C1CN(CC(F)F)C1. The van der Waals surface area contributed by atoms with Crippen molar-refractivity contribution in [2.75, 3.05) is 19.6 Å². The number of alkyl halides is 2. The van der Waals surface area contributed by atoms with Crippen molar-refractivity contribution < 1.29 is 8.78 Å². The molecule has 1 nitrogen and oxygen atoms in total. The standard InChI is InChI=1S/C14H27F2N/c1-3-5-6-7-8-12(4-2)13-9-17(10-13)11-14(15)16/h12-14H,3-11H2,1-2H3. The minimum Gasteiger partial charge on any atom is -0.297 e. The van der Waals surface area contributed by atoms with E-state index in [1.54, 1.807) is 0 Å². The molecule has 1 fully saturated rings. The van der Waals surface area contributed by atoms with Crippen molar-refractivity contribution in [3.05, 3.63) is 0 Å². The average Bonchev–Trinajstić information content (AvgIpc) is 2.24. The molecule has 0 aliphatic carbocycles. The molecule has 1 heterocycles. The lowest BCUT2D eigenvalue weighted by atomic mass is 9.81. The van der Waals surface area contributed by atoms with E-state index in [0.29, 0.717) is 5.92 Å². The Morgan fingerprint density at radius 3 is 2.35 bits per heavy atom. The third-order valence-electron chi connectivity index (χ3n) is 4.00. The number of unbranched alkanes of at least 4 members (excludes halogenated alkanes) is 3. The molecule has 0 saturated carbocycles. The van der Waals surface area contributed by atoms with Crippen LogP contribution < -0.4 is 0 Å². The molecule has 17 heavy (non-hydrogen) atoms. The van der Waals surface area contributed by atoms with E-state index in [0.717, 1.165) is 19.0 Å². The van der Waals surface area contributed by atoms with E-state index < -0.39 is 6.43 Å². The van der Waals surface area contributed by atoms with Gasteiger partial charge in [-0.05, 0) is 11.8 Å². The van der Waals surface area contributed by atoms with Gasteiger partial charge < -0.3 is 0 Å². The summed E-state index contributed by atoms with van der Waals surface area (Å²) >= 11 is 0. The molecular formula is C14H27F2N. The predicted molar refractivity (Wildman–Crippen MR) is 68.5 cm³/mol. The fraction of sp³-hybridized carbons (Fsp3) is 1.00. The zero-order valence-electron chi connectivity index (χ0n) is 11.3. The van der Waals surface area contributed by atoms with Gasteiger partial charge in [0.1, 0.15) is 0 Å². The van der Waals surface area contributed by atoms with Crippen molar-refractivity contribution in [1.29, 1.82) is 0 Å². The third kappa shape index (κ3) is 5.33. The Morgan fingerprint density at radius 1 is 1.12 bits per heavy atom. The largest absolute Gasteiger partial charge is 0.297 e. The molecule has 0 aromatic rings. The van der Waals surface area contributed by atoms with Crippen LogP contribution >= 0.6 is 0 Å². The summed E-state index contributed by atoms with van der Waals surface area (Å²) in [7, 11) is 0. The summed E-state index contributed by atoms with van der Waals surface area (Å²) in [6, 6.07) is 0. The lowest BCUT2D eigenvalue weighted by molar-refractivity contribution is 0.000840. The van der Waals surface area contributed by atoms with E-state index in [1.807, 2.05) is 4.90 Å². The predicted octanol–water partition coefficient (Wildman–Crippen LogP) is 4.18. The maximum atomic E-state index is 12.2. The quantitative estimate of drug-likeness (QED) is 0.552. The highest BCUT2D eigenvalue weighted by atomic mass is 19.3. The summed E-state index contributed by atoms with van der Waals surface area (Å²) in [6.45, 7) is 6.24. The van der Waals surface area contributed by atoms with Gasteiger partial charge in [0.25, 0.3) is 6.43 Å². The van der Waals surface area contributed by atoms with Gasteiger partial charge in [-0.15, -0.1) is 0 Å². The molecular weight excluding hydrogens is 220 g/mol. The zero-order chi connectivity index (χ0) is 12.7. The molecule has 0 radical (unpaired) electrons. The lowest BCUT2D eigenvalue weighted by Gasteiger charge is -2.43. The molecule has 102 valence electrons. The van der Waals surface area contributed by atoms with Crippen LogP contribution in [0, 0.1) is 11.8 Å². The number of rotatable bonds is 9. The normalized spacial score (nSPS) is 19.6. The van der Waals surface area contributed by atoms with Crippen LogP contribution in [0.1, 0.15) is 52.4 Å². The van der Waals surface area contributed by atoms with Crippen molar-refractivity contribution in [2.45, 2.75) is 58.8 Å².